The minimum atomic E-state index is -1.36. The molecule has 21 heavy (non-hydrogen) atoms. The van der Waals surface area contributed by atoms with Crippen LogP contribution in [0.1, 0.15) is 36.5 Å². The standard InChI is InChI=1S/C13H19N3O5/c1-6-4-9(8(3)21-6)7(2)15-13(20)16-10(12(18)19)5-11(14)17/h4,7,10H,5H2,1-3H3,(H2,14,17)(H,18,19)(H2,15,16,20)/t7?,10-/m0/s1. The fourth-order valence-electron chi connectivity index (χ4n) is 1.96. The van der Waals surface area contributed by atoms with Gasteiger partial charge in [-0.3, -0.25) is 4.79 Å². The van der Waals surface area contributed by atoms with Gasteiger partial charge in [0.2, 0.25) is 5.91 Å². The molecule has 1 aromatic heterocycles. The zero-order valence-corrected chi connectivity index (χ0v) is 12.1. The van der Waals surface area contributed by atoms with E-state index in [-0.39, 0.29) is 6.04 Å². The third kappa shape index (κ3) is 4.83. The normalized spacial score (nSPS) is 13.3. The Bertz CT molecular complexity index is 552. The number of carbonyl (C=O) groups is 3. The van der Waals surface area contributed by atoms with Crippen molar-refractivity contribution in [3.63, 3.8) is 0 Å². The molecule has 0 bridgehead atoms. The number of nitrogens with one attached hydrogen (secondary N) is 2. The van der Waals surface area contributed by atoms with Gasteiger partial charge in [-0.1, -0.05) is 0 Å². The predicted molar refractivity (Wildman–Crippen MR) is 73.5 cm³/mol. The van der Waals surface area contributed by atoms with Crippen LogP contribution in [0, 0.1) is 13.8 Å². The number of nitrogens with two attached hydrogens (primary N) is 1. The van der Waals surface area contributed by atoms with Crippen molar-refractivity contribution < 1.29 is 23.9 Å². The predicted octanol–water partition coefficient (Wildman–Crippen LogP) is 0.585. The zero-order valence-electron chi connectivity index (χ0n) is 12.1. The number of amides is 3. The highest BCUT2D eigenvalue weighted by Gasteiger charge is 2.23. The summed E-state index contributed by atoms with van der Waals surface area (Å²) in [5.41, 5.74) is 5.73. The number of furan rings is 1. The number of hydrogen-bond acceptors (Lipinski definition) is 4. The van der Waals surface area contributed by atoms with Crippen molar-refractivity contribution in [3.05, 3.63) is 23.2 Å². The number of carbonyl (C=O) groups excluding carboxylic acids is 2. The van der Waals surface area contributed by atoms with Gasteiger partial charge in [-0.15, -0.1) is 0 Å². The van der Waals surface area contributed by atoms with Crippen LogP contribution >= 0.6 is 0 Å². The SMILES string of the molecule is Cc1cc(C(C)NC(=O)N[C@@H](CC(N)=O)C(=O)O)c(C)o1. The van der Waals surface area contributed by atoms with Crippen molar-refractivity contribution in [2.45, 2.75) is 39.3 Å². The lowest BCUT2D eigenvalue weighted by Crippen LogP contribution is -2.48. The molecule has 1 aromatic rings. The van der Waals surface area contributed by atoms with Crippen LogP contribution in [0.5, 0.6) is 0 Å². The van der Waals surface area contributed by atoms with Gasteiger partial charge in [-0.25, -0.2) is 9.59 Å². The topological polar surface area (TPSA) is 135 Å². The lowest BCUT2D eigenvalue weighted by atomic mass is 10.1. The maximum absolute atomic E-state index is 11.8. The van der Waals surface area contributed by atoms with E-state index in [1.165, 1.54) is 0 Å². The first-order valence-corrected chi connectivity index (χ1v) is 6.35. The first kappa shape index (κ1) is 16.5. The van der Waals surface area contributed by atoms with Crippen molar-refractivity contribution in [1.82, 2.24) is 10.6 Å². The maximum Gasteiger partial charge on any atom is 0.326 e. The average molecular weight is 297 g/mol. The van der Waals surface area contributed by atoms with Crippen LogP contribution in [-0.2, 0) is 9.59 Å². The molecule has 1 heterocycles. The average Bonchev–Trinajstić information content (AvgIpc) is 2.66. The van der Waals surface area contributed by atoms with Gasteiger partial charge in [0, 0.05) is 5.56 Å². The number of aliphatic carboxylic acids is 1. The highest BCUT2D eigenvalue weighted by Crippen LogP contribution is 2.20. The summed E-state index contributed by atoms with van der Waals surface area (Å²) in [7, 11) is 0. The minimum absolute atomic E-state index is 0.370. The Hall–Kier alpha value is -2.51. The summed E-state index contributed by atoms with van der Waals surface area (Å²) in [4.78, 5) is 33.5. The number of primary amides is 1. The van der Waals surface area contributed by atoms with Gasteiger partial charge in [0.05, 0.1) is 12.5 Å². The number of rotatable bonds is 6. The van der Waals surface area contributed by atoms with Gasteiger partial charge in [0.25, 0.3) is 0 Å². The van der Waals surface area contributed by atoms with Crippen LogP contribution in [-0.4, -0.2) is 29.1 Å². The minimum Gasteiger partial charge on any atom is -0.480 e. The molecule has 0 aliphatic rings. The molecule has 0 aliphatic heterocycles. The van der Waals surface area contributed by atoms with Gasteiger partial charge < -0.3 is 25.9 Å². The second-order valence-electron chi connectivity index (χ2n) is 4.77. The van der Waals surface area contributed by atoms with Gasteiger partial charge >= 0.3 is 12.0 Å². The van der Waals surface area contributed by atoms with Gasteiger partial charge in [0.15, 0.2) is 0 Å². The van der Waals surface area contributed by atoms with E-state index in [4.69, 9.17) is 15.3 Å². The Balaban J connectivity index is 2.65. The Morgan fingerprint density at radius 3 is 2.38 bits per heavy atom. The van der Waals surface area contributed by atoms with E-state index in [2.05, 4.69) is 10.6 Å². The molecule has 2 atom stereocenters. The Morgan fingerprint density at radius 2 is 1.95 bits per heavy atom. The number of carboxylic acids is 1. The summed E-state index contributed by atoms with van der Waals surface area (Å²) in [6.07, 6.45) is -0.471. The third-order valence-electron chi connectivity index (χ3n) is 2.90. The fourth-order valence-corrected chi connectivity index (χ4v) is 1.96. The summed E-state index contributed by atoms with van der Waals surface area (Å²) in [5.74, 6) is -0.745. The first-order valence-electron chi connectivity index (χ1n) is 6.35. The quantitative estimate of drug-likeness (QED) is 0.609. The Morgan fingerprint density at radius 1 is 1.33 bits per heavy atom. The summed E-state index contributed by atoms with van der Waals surface area (Å²) < 4.78 is 5.36. The monoisotopic (exact) mass is 297 g/mol. The molecule has 5 N–H and O–H groups in total. The van der Waals surface area contributed by atoms with E-state index in [0.717, 1.165) is 5.56 Å². The molecule has 0 saturated carbocycles. The molecule has 0 fully saturated rings. The molecule has 1 unspecified atom stereocenters. The number of urea groups is 1. The summed E-state index contributed by atoms with van der Waals surface area (Å²) in [5, 5.41) is 13.7. The molecular weight excluding hydrogens is 278 g/mol. The van der Waals surface area contributed by atoms with Gasteiger partial charge in [0.1, 0.15) is 17.6 Å². The highest BCUT2D eigenvalue weighted by molar-refractivity contribution is 5.87. The van der Waals surface area contributed by atoms with Crippen LogP contribution in [0.25, 0.3) is 0 Å². The number of carboxylic acid groups (broad SMARTS) is 1. The second kappa shape index (κ2) is 6.78. The van der Waals surface area contributed by atoms with Crippen LogP contribution in [0.15, 0.2) is 10.5 Å². The summed E-state index contributed by atoms with van der Waals surface area (Å²) >= 11 is 0. The first-order chi connectivity index (χ1) is 9.70. The third-order valence-corrected chi connectivity index (χ3v) is 2.90. The number of aryl methyl sites for hydroxylation is 2. The van der Waals surface area contributed by atoms with Crippen molar-refractivity contribution >= 4 is 17.9 Å². The maximum atomic E-state index is 11.8. The molecule has 1 rings (SSSR count). The van der Waals surface area contributed by atoms with Crippen molar-refractivity contribution in [3.8, 4) is 0 Å². The van der Waals surface area contributed by atoms with E-state index < -0.39 is 30.4 Å². The Kier molecular flexibility index (Phi) is 5.34. The van der Waals surface area contributed by atoms with Crippen molar-refractivity contribution in [2.75, 3.05) is 0 Å². The van der Waals surface area contributed by atoms with Gasteiger partial charge in [-0.05, 0) is 26.8 Å². The van der Waals surface area contributed by atoms with E-state index in [9.17, 15) is 14.4 Å². The lowest BCUT2D eigenvalue weighted by molar-refractivity contribution is -0.140. The fraction of sp³-hybridized carbons (Fsp3) is 0.462. The molecule has 8 heteroatoms. The smallest absolute Gasteiger partial charge is 0.326 e. The van der Waals surface area contributed by atoms with Crippen LogP contribution in [0.2, 0.25) is 0 Å². The van der Waals surface area contributed by atoms with E-state index >= 15 is 0 Å². The second-order valence-corrected chi connectivity index (χ2v) is 4.77. The lowest BCUT2D eigenvalue weighted by Gasteiger charge is -2.17. The van der Waals surface area contributed by atoms with Crippen molar-refractivity contribution in [1.29, 1.82) is 0 Å². The molecule has 116 valence electrons. The van der Waals surface area contributed by atoms with Crippen molar-refractivity contribution in [2.24, 2.45) is 5.73 Å². The molecular formula is C13H19N3O5. The van der Waals surface area contributed by atoms with E-state index in [1.54, 1.807) is 26.8 Å². The van der Waals surface area contributed by atoms with Crippen LogP contribution in [0.4, 0.5) is 4.79 Å². The molecule has 0 radical (unpaired) electrons. The molecule has 0 aliphatic carbocycles. The van der Waals surface area contributed by atoms with Crippen LogP contribution in [0.3, 0.4) is 0 Å². The van der Waals surface area contributed by atoms with E-state index in [1.807, 2.05) is 0 Å². The highest BCUT2D eigenvalue weighted by atomic mass is 16.4. The largest absolute Gasteiger partial charge is 0.480 e. The molecule has 3 amide bonds. The van der Waals surface area contributed by atoms with Crippen LogP contribution < -0.4 is 16.4 Å². The van der Waals surface area contributed by atoms with Gasteiger partial charge in [-0.2, -0.15) is 0 Å². The molecule has 0 spiro atoms. The molecule has 8 nitrogen and oxygen atoms in total. The Labute approximate surface area is 121 Å². The molecule has 0 aromatic carbocycles. The number of hydrogen-bond donors (Lipinski definition) is 4. The van der Waals surface area contributed by atoms with E-state index in [0.29, 0.717) is 11.5 Å². The summed E-state index contributed by atoms with van der Waals surface area (Å²) in [6.45, 7) is 5.29. The zero-order chi connectivity index (χ0) is 16.2. The summed E-state index contributed by atoms with van der Waals surface area (Å²) in [6, 6.07) is -0.639. The molecule has 0 saturated heterocycles.